The van der Waals surface area contributed by atoms with E-state index in [1.807, 2.05) is 19.1 Å². The Bertz CT molecular complexity index is 543. The standard InChI is InChI=1S/C13H13N3O2/c1-10(11-5-4-8-14-9-11)15-12-6-2-3-7-13(12)16(17)18/h2-10,15H,1H3. The average molecular weight is 243 g/mol. The van der Waals surface area contributed by atoms with E-state index in [1.165, 1.54) is 6.07 Å². The average Bonchev–Trinajstić information content (AvgIpc) is 2.40. The van der Waals surface area contributed by atoms with Crippen molar-refractivity contribution < 1.29 is 4.92 Å². The Kier molecular flexibility index (Phi) is 3.52. The molecular formula is C13H13N3O2. The lowest BCUT2D eigenvalue weighted by atomic mass is 10.1. The highest BCUT2D eigenvalue weighted by molar-refractivity contribution is 5.61. The number of pyridine rings is 1. The molecule has 0 spiro atoms. The Morgan fingerprint density at radius 2 is 2.06 bits per heavy atom. The molecule has 0 fully saturated rings. The SMILES string of the molecule is CC(Nc1ccccc1[N+](=O)[O-])c1cccnc1. The van der Waals surface area contributed by atoms with Crippen molar-refractivity contribution in [3.8, 4) is 0 Å². The number of hydrogen-bond acceptors (Lipinski definition) is 4. The molecule has 0 aliphatic heterocycles. The number of rotatable bonds is 4. The molecule has 0 aliphatic rings. The van der Waals surface area contributed by atoms with E-state index in [9.17, 15) is 10.1 Å². The number of anilines is 1. The normalized spacial score (nSPS) is 11.8. The number of nitro benzene ring substituents is 1. The summed E-state index contributed by atoms with van der Waals surface area (Å²) in [6, 6.07) is 10.3. The molecule has 1 aromatic heterocycles. The maximum absolute atomic E-state index is 10.9. The van der Waals surface area contributed by atoms with Crippen molar-refractivity contribution in [2.75, 3.05) is 5.32 Å². The molecule has 5 nitrogen and oxygen atoms in total. The lowest BCUT2D eigenvalue weighted by Crippen LogP contribution is -2.08. The first-order valence-corrected chi connectivity index (χ1v) is 5.58. The zero-order valence-electron chi connectivity index (χ0n) is 9.91. The first-order chi connectivity index (χ1) is 8.68. The van der Waals surface area contributed by atoms with Crippen molar-refractivity contribution in [2.45, 2.75) is 13.0 Å². The number of nitro groups is 1. The second-order valence-corrected chi connectivity index (χ2v) is 3.93. The minimum atomic E-state index is -0.391. The zero-order chi connectivity index (χ0) is 13.0. The number of aromatic nitrogens is 1. The second-order valence-electron chi connectivity index (χ2n) is 3.93. The van der Waals surface area contributed by atoms with Gasteiger partial charge in [0.25, 0.3) is 5.69 Å². The summed E-state index contributed by atoms with van der Waals surface area (Å²) in [7, 11) is 0. The van der Waals surface area contributed by atoms with E-state index in [2.05, 4.69) is 10.3 Å². The predicted octanol–water partition coefficient (Wildman–Crippen LogP) is 3.16. The van der Waals surface area contributed by atoms with E-state index < -0.39 is 4.92 Å². The van der Waals surface area contributed by atoms with Crippen molar-refractivity contribution in [1.29, 1.82) is 0 Å². The topological polar surface area (TPSA) is 68.1 Å². The van der Waals surface area contributed by atoms with Gasteiger partial charge in [-0.25, -0.2) is 0 Å². The summed E-state index contributed by atoms with van der Waals surface area (Å²) in [4.78, 5) is 14.5. The van der Waals surface area contributed by atoms with Gasteiger partial charge in [-0.05, 0) is 24.6 Å². The first kappa shape index (κ1) is 12.0. The van der Waals surface area contributed by atoms with Crippen LogP contribution >= 0.6 is 0 Å². The lowest BCUT2D eigenvalue weighted by Gasteiger charge is -2.15. The van der Waals surface area contributed by atoms with Crippen LogP contribution in [0.15, 0.2) is 48.8 Å². The van der Waals surface area contributed by atoms with E-state index in [0.29, 0.717) is 5.69 Å². The predicted molar refractivity (Wildman–Crippen MR) is 69.4 cm³/mol. The smallest absolute Gasteiger partial charge is 0.292 e. The molecular weight excluding hydrogens is 230 g/mol. The fourth-order valence-corrected chi connectivity index (χ4v) is 1.70. The molecule has 1 atom stereocenters. The van der Waals surface area contributed by atoms with Gasteiger partial charge in [0.15, 0.2) is 0 Å². The molecule has 0 amide bonds. The summed E-state index contributed by atoms with van der Waals surface area (Å²) >= 11 is 0. The van der Waals surface area contributed by atoms with Crippen molar-refractivity contribution in [1.82, 2.24) is 4.98 Å². The third-order valence-electron chi connectivity index (χ3n) is 2.66. The van der Waals surface area contributed by atoms with Gasteiger partial charge >= 0.3 is 0 Å². The van der Waals surface area contributed by atoms with Crippen molar-refractivity contribution in [2.24, 2.45) is 0 Å². The largest absolute Gasteiger partial charge is 0.373 e. The van der Waals surface area contributed by atoms with Gasteiger partial charge in [-0.3, -0.25) is 15.1 Å². The lowest BCUT2D eigenvalue weighted by molar-refractivity contribution is -0.384. The molecule has 18 heavy (non-hydrogen) atoms. The summed E-state index contributed by atoms with van der Waals surface area (Å²) in [6.07, 6.45) is 3.44. The summed E-state index contributed by atoms with van der Waals surface area (Å²) in [5.41, 5.74) is 1.57. The van der Waals surface area contributed by atoms with Gasteiger partial charge < -0.3 is 5.32 Å². The molecule has 0 saturated heterocycles. The molecule has 0 bridgehead atoms. The van der Waals surface area contributed by atoms with E-state index in [4.69, 9.17) is 0 Å². The summed E-state index contributed by atoms with van der Waals surface area (Å²) < 4.78 is 0. The highest BCUT2D eigenvalue weighted by Gasteiger charge is 2.14. The van der Waals surface area contributed by atoms with Crippen LogP contribution in [0, 0.1) is 10.1 Å². The molecule has 0 saturated carbocycles. The van der Waals surface area contributed by atoms with Gasteiger partial charge in [0.1, 0.15) is 5.69 Å². The zero-order valence-corrected chi connectivity index (χ0v) is 9.91. The van der Waals surface area contributed by atoms with E-state index in [1.54, 1.807) is 30.6 Å². The van der Waals surface area contributed by atoms with Gasteiger partial charge in [-0.1, -0.05) is 18.2 Å². The number of hydrogen-bond donors (Lipinski definition) is 1. The summed E-state index contributed by atoms with van der Waals surface area (Å²) in [5, 5.41) is 14.0. The molecule has 0 aliphatic carbocycles. The molecule has 2 rings (SSSR count). The molecule has 1 heterocycles. The molecule has 92 valence electrons. The highest BCUT2D eigenvalue weighted by atomic mass is 16.6. The van der Waals surface area contributed by atoms with Crippen LogP contribution in [0.3, 0.4) is 0 Å². The molecule has 2 aromatic rings. The van der Waals surface area contributed by atoms with Crippen LogP contribution in [-0.2, 0) is 0 Å². The van der Waals surface area contributed by atoms with Crippen LogP contribution in [0.25, 0.3) is 0 Å². The quantitative estimate of drug-likeness (QED) is 0.661. The molecule has 5 heteroatoms. The minimum Gasteiger partial charge on any atom is -0.373 e. The number of benzene rings is 1. The molecule has 1 aromatic carbocycles. The minimum absolute atomic E-state index is 0.0419. The van der Waals surface area contributed by atoms with Crippen LogP contribution in [0.2, 0.25) is 0 Å². The van der Waals surface area contributed by atoms with E-state index in [-0.39, 0.29) is 11.7 Å². The van der Waals surface area contributed by atoms with Gasteiger partial charge in [-0.15, -0.1) is 0 Å². The second kappa shape index (κ2) is 5.27. The maximum Gasteiger partial charge on any atom is 0.292 e. The van der Waals surface area contributed by atoms with Crippen LogP contribution in [0.5, 0.6) is 0 Å². The fraction of sp³-hybridized carbons (Fsp3) is 0.154. The van der Waals surface area contributed by atoms with Crippen LogP contribution in [0.1, 0.15) is 18.5 Å². The number of para-hydroxylation sites is 2. The summed E-state index contributed by atoms with van der Waals surface area (Å²) in [5.74, 6) is 0. The van der Waals surface area contributed by atoms with E-state index >= 15 is 0 Å². The third-order valence-corrected chi connectivity index (χ3v) is 2.66. The van der Waals surface area contributed by atoms with Crippen molar-refractivity contribution in [3.63, 3.8) is 0 Å². The fourth-order valence-electron chi connectivity index (χ4n) is 1.70. The van der Waals surface area contributed by atoms with Crippen molar-refractivity contribution in [3.05, 3.63) is 64.5 Å². The molecule has 1 unspecified atom stereocenters. The molecule has 0 radical (unpaired) electrons. The van der Waals surface area contributed by atoms with Crippen LogP contribution in [0.4, 0.5) is 11.4 Å². The van der Waals surface area contributed by atoms with Gasteiger partial charge in [0.2, 0.25) is 0 Å². The Morgan fingerprint density at radius 3 is 2.72 bits per heavy atom. The highest BCUT2D eigenvalue weighted by Crippen LogP contribution is 2.27. The third kappa shape index (κ3) is 2.63. The Balaban J connectivity index is 2.22. The van der Waals surface area contributed by atoms with Gasteiger partial charge in [0.05, 0.1) is 11.0 Å². The van der Waals surface area contributed by atoms with Crippen LogP contribution in [-0.4, -0.2) is 9.91 Å². The van der Waals surface area contributed by atoms with Crippen molar-refractivity contribution >= 4 is 11.4 Å². The van der Waals surface area contributed by atoms with Gasteiger partial charge in [-0.2, -0.15) is 0 Å². The van der Waals surface area contributed by atoms with Crippen LogP contribution < -0.4 is 5.32 Å². The van der Waals surface area contributed by atoms with Gasteiger partial charge in [0, 0.05) is 18.5 Å². The Morgan fingerprint density at radius 1 is 1.28 bits per heavy atom. The molecule has 1 N–H and O–H groups in total. The first-order valence-electron chi connectivity index (χ1n) is 5.58. The Labute approximate surface area is 105 Å². The summed E-state index contributed by atoms with van der Waals surface area (Å²) in [6.45, 7) is 1.94. The van der Waals surface area contributed by atoms with E-state index in [0.717, 1.165) is 5.56 Å². The monoisotopic (exact) mass is 243 g/mol. The Hall–Kier alpha value is -2.43. The number of nitrogens with zero attached hydrogens (tertiary/aromatic N) is 2. The maximum atomic E-state index is 10.9. The number of nitrogens with one attached hydrogen (secondary N) is 1.